The fourth-order valence-corrected chi connectivity index (χ4v) is 4.26. The van der Waals surface area contributed by atoms with Crippen molar-refractivity contribution in [2.75, 3.05) is 13.2 Å². The molecule has 0 N–H and O–H groups in total. The molecule has 2 aromatic rings. The Morgan fingerprint density at radius 3 is 3.12 bits per heavy atom. The van der Waals surface area contributed by atoms with Crippen molar-refractivity contribution >= 4 is 17.2 Å². The van der Waals surface area contributed by atoms with E-state index in [0.717, 1.165) is 23.3 Å². The first-order chi connectivity index (χ1) is 11.8. The van der Waals surface area contributed by atoms with Gasteiger partial charge in [-0.15, -0.1) is 11.3 Å². The second kappa shape index (κ2) is 7.01. The Morgan fingerprint density at radius 2 is 2.33 bits per heavy atom. The molecule has 5 nitrogen and oxygen atoms in total. The third kappa shape index (κ3) is 3.09. The van der Waals surface area contributed by atoms with E-state index in [4.69, 9.17) is 9.47 Å². The minimum absolute atomic E-state index is 0.0726. The van der Waals surface area contributed by atoms with E-state index in [0.29, 0.717) is 19.8 Å². The van der Waals surface area contributed by atoms with Crippen LogP contribution in [0.1, 0.15) is 28.1 Å². The number of fused-ring (bicyclic) bond motifs is 2. The molecule has 0 aromatic carbocycles. The number of carbonyl (C=O) groups is 1. The molecule has 3 heterocycles. The van der Waals surface area contributed by atoms with E-state index >= 15 is 0 Å². The maximum atomic E-state index is 12.8. The molecule has 126 valence electrons. The van der Waals surface area contributed by atoms with Gasteiger partial charge in [0.15, 0.2) is 0 Å². The Bertz CT molecular complexity index is 677. The van der Waals surface area contributed by atoms with E-state index in [1.807, 2.05) is 40.7 Å². The normalized spacial score (nSPS) is 26.3. The van der Waals surface area contributed by atoms with Crippen LogP contribution in [0.2, 0.25) is 0 Å². The number of amides is 1. The summed E-state index contributed by atoms with van der Waals surface area (Å²) in [5.74, 6) is 0.0936. The molecule has 0 spiro atoms. The van der Waals surface area contributed by atoms with Gasteiger partial charge >= 0.3 is 0 Å². The van der Waals surface area contributed by atoms with Crippen LogP contribution in [0.5, 0.6) is 0 Å². The molecule has 24 heavy (non-hydrogen) atoms. The maximum Gasteiger partial charge on any atom is 0.264 e. The number of nitrogens with zero attached hydrogens (tertiary/aromatic N) is 2. The lowest BCUT2D eigenvalue weighted by Gasteiger charge is -2.31. The largest absolute Gasteiger partial charge is 0.374 e. The molecule has 2 bridgehead atoms. The van der Waals surface area contributed by atoms with Crippen LogP contribution in [0, 0.1) is 0 Å². The van der Waals surface area contributed by atoms with Gasteiger partial charge in [-0.05, 0) is 35.9 Å². The number of rotatable bonds is 4. The Kier molecular flexibility index (Phi) is 4.60. The number of aromatic nitrogens is 1. The zero-order chi connectivity index (χ0) is 16.4. The molecule has 2 aromatic heterocycles. The Labute approximate surface area is 145 Å². The van der Waals surface area contributed by atoms with Crippen molar-refractivity contribution in [3.63, 3.8) is 0 Å². The van der Waals surface area contributed by atoms with Crippen molar-refractivity contribution < 1.29 is 14.3 Å². The fourth-order valence-electron chi connectivity index (χ4n) is 3.58. The van der Waals surface area contributed by atoms with Gasteiger partial charge in [0.05, 0.1) is 30.2 Å². The lowest BCUT2D eigenvalue weighted by Crippen LogP contribution is -2.46. The molecule has 4 rings (SSSR count). The topological polar surface area (TPSA) is 51.7 Å². The van der Waals surface area contributed by atoms with E-state index in [9.17, 15) is 4.79 Å². The minimum atomic E-state index is -0.0726. The molecular formula is C18H20N2O3S. The van der Waals surface area contributed by atoms with Crippen LogP contribution in [0.15, 0.2) is 42.0 Å². The van der Waals surface area contributed by atoms with Crippen molar-refractivity contribution in [3.8, 4) is 0 Å². The molecule has 3 atom stereocenters. The smallest absolute Gasteiger partial charge is 0.264 e. The molecule has 2 fully saturated rings. The fraction of sp³-hybridized carbons (Fsp3) is 0.444. The van der Waals surface area contributed by atoms with Crippen LogP contribution in [0.4, 0.5) is 0 Å². The van der Waals surface area contributed by atoms with Crippen LogP contribution in [-0.2, 0) is 16.1 Å². The summed E-state index contributed by atoms with van der Waals surface area (Å²) in [6.07, 6.45) is 5.44. The van der Waals surface area contributed by atoms with Gasteiger partial charge in [-0.2, -0.15) is 0 Å². The highest BCUT2D eigenvalue weighted by Gasteiger charge is 2.44. The summed E-state index contributed by atoms with van der Waals surface area (Å²) in [5.41, 5.74) is 1.04. The van der Waals surface area contributed by atoms with Gasteiger partial charge in [-0.25, -0.2) is 0 Å². The molecule has 1 aliphatic carbocycles. The van der Waals surface area contributed by atoms with Crippen LogP contribution >= 0.6 is 11.3 Å². The summed E-state index contributed by atoms with van der Waals surface area (Å²) in [6, 6.07) is 7.80. The van der Waals surface area contributed by atoms with E-state index in [-0.39, 0.29) is 24.2 Å². The quantitative estimate of drug-likeness (QED) is 0.856. The van der Waals surface area contributed by atoms with Crippen molar-refractivity contribution in [3.05, 3.63) is 52.5 Å². The Morgan fingerprint density at radius 1 is 1.38 bits per heavy atom. The molecule has 1 saturated heterocycles. The molecule has 1 saturated carbocycles. The van der Waals surface area contributed by atoms with Gasteiger partial charge in [-0.1, -0.05) is 12.1 Å². The first kappa shape index (κ1) is 15.7. The third-order valence-electron chi connectivity index (χ3n) is 4.72. The highest BCUT2D eigenvalue weighted by Crippen LogP contribution is 2.33. The monoisotopic (exact) mass is 344 g/mol. The number of thiophene rings is 1. The summed E-state index contributed by atoms with van der Waals surface area (Å²) in [7, 11) is 0. The van der Waals surface area contributed by atoms with Crippen molar-refractivity contribution in [2.24, 2.45) is 0 Å². The van der Waals surface area contributed by atoms with Crippen LogP contribution in [-0.4, -0.2) is 47.2 Å². The second-order valence-electron chi connectivity index (χ2n) is 6.17. The van der Waals surface area contributed by atoms with Gasteiger partial charge in [0.2, 0.25) is 0 Å². The van der Waals surface area contributed by atoms with Gasteiger partial charge < -0.3 is 14.4 Å². The number of pyridine rings is 1. The second-order valence-corrected chi connectivity index (χ2v) is 7.11. The van der Waals surface area contributed by atoms with E-state index in [1.165, 1.54) is 11.3 Å². The maximum absolute atomic E-state index is 12.8. The van der Waals surface area contributed by atoms with Gasteiger partial charge in [0.25, 0.3) is 5.91 Å². The first-order valence-corrected chi connectivity index (χ1v) is 9.17. The SMILES string of the molecule is O=C(c1cccs1)N1CCO[C@H]2CC[C@H]1[C@@H]2OCc1cccnc1. The highest BCUT2D eigenvalue weighted by atomic mass is 32.1. The van der Waals surface area contributed by atoms with Gasteiger partial charge in [-0.3, -0.25) is 9.78 Å². The number of ether oxygens (including phenoxy) is 2. The zero-order valence-electron chi connectivity index (χ0n) is 13.3. The molecule has 1 aliphatic heterocycles. The zero-order valence-corrected chi connectivity index (χ0v) is 14.2. The van der Waals surface area contributed by atoms with Gasteiger partial charge in [0.1, 0.15) is 6.10 Å². The summed E-state index contributed by atoms with van der Waals surface area (Å²) < 4.78 is 12.1. The summed E-state index contributed by atoms with van der Waals surface area (Å²) >= 11 is 1.49. The Balaban J connectivity index is 1.50. The Hall–Kier alpha value is -1.76. The summed E-state index contributed by atoms with van der Waals surface area (Å²) in [5, 5.41) is 1.94. The lowest BCUT2D eigenvalue weighted by atomic mass is 10.1. The van der Waals surface area contributed by atoms with Gasteiger partial charge in [0, 0.05) is 18.9 Å². The average Bonchev–Trinajstić information content (AvgIpc) is 3.22. The number of hydrogen-bond acceptors (Lipinski definition) is 5. The van der Waals surface area contributed by atoms with Crippen LogP contribution < -0.4 is 0 Å². The molecule has 2 aliphatic rings. The number of carbonyl (C=O) groups excluding carboxylic acids is 1. The third-order valence-corrected chi connectivity index (χ3v) is 5.57. The molecule has 6 heteroatoms. The predicted molar refractivity (Wildman–Crippen MR) is 90.9 cm³/mol. The minimum Gasteiger partial charge on any atom is -0.374 e. The first-order valence-electron chi connectivity index (χ1n) is 8.29. The van der Waals surface area contributed by atoms with Crippen LogP contribution in [0.25, 0.3) is 0 Å². The molecular weight excluding hydrogens is 324 g/mol. The van der Waals surface area contributed by atoms with Crippen molar-refractivity contribution in [1.29, 1.82) is 0 Å². The van der Waals surface area contributed by atoms with E-state index in [2.05, 4.69) is 4.98 Å². The lowest BCUT2D eigenvalue weighted by molar-refractivity contribution is -0.0598. The van der Waals surface area contributed by atoms with Crippen molar-refractivity contribution in [1.82, 2.24) is 9.88 Å². The molecule has 1 amide bonds. The summed E-state index contributed by atoms with van der Waals surface area (Å²) in [4.78, 5) is 19.7. The molecule has 0 radical (unpaired) electrons. The number of hydrogen-bond donors (Lipinski definition) is 0. The van der Waals surface area contributed by atoms with E-state index in [1.54, 1.807) is 6.20 Å². The van der Waals surface area contributed by atoms with Crippen molar-refractivity contribution in [2.45, 2.75) is 37.7 Å². The summed E-state index contributed by atoms with van der Waals surface area (Å²) in [6.45, 7) is 1.70. The standard InChI is InChI=1S/C18H20N2O3S/c21-18(16-4-2-10-24-16)20-8-9-22-15-6-5-14(20)17(15)23-12-13-3-1-7-19-11-13/h1-4,7,10-11,14-15,17H,5-6,8-9,12H2/t14-,15-,17-/m0/s1. The highest BCUT2D eigenvalue weighted by molar-refractivity contribution is 7.12. The van der Waals surface area contributed by atoms with E-state index < -0.39 is 0 Å². The molecule has 0 unspecified atom stereocenters. The van der Waals surface area contributed by atoms with Crippen LogP contribution in [0.3, 0.4) is 0 Å². The predicted octanol–water partition coefficient (Wildman–Crippen LogP) is 2.73. The average molecular weight is 344 g/mol.